The van der Waals surface area contributed by atoms with Crippen molar-refractivity contribution in [2.45, 2.75) is 26.4 Å². The minimum absolute atomic E-state index is 0.202. The van der Waals surface area contributed by atoms with Crippen molar-refractivity contribution in [3.8, 4) is 5.75 Å². The second-order valence-electron chi connectivity index (χ2n) is 5.36. The van der Waals surface area contributed by atoms with Gasteiger partial charge in [0, 0.05) is 4.47 Å². The van der Waals surface area contributed by atoms with Gasteiger partial charge >= 0.3 is 0 Å². The fourth-order valence-corrected chi connectivity index (χ4v) is 2.43. The Bertz CT molecular complexity index is 734. The molecule has 2 amide bonds. The number of ether oxygens (including phenoxy) is 1. The third-order valence-electron chi connectivity index (χ3n) is 3.42. The van der Waals surface area contributed by atoms with Gasteiger partial charge in [0.1, 0.15) is 5.75 Å². The first kappa shape index (κ1) is 18.0. The van der Waals surface area contributed by atoms with Crippen LogP contribution >= 0.6 is 15.9 Å². The van der Waals surface area contributed by atoms with E-state index in [4.69, 9.17) is 4.74 Å². The van der Waals surface area contributed by atoms with Crippen LogP contribution in [0.4, 0.5) is 0 Å². The van der Waals surface area contributed by atoms with Crippen LogP contribution in [-0.2, 0) is 16.0 Å². The summed E-state index contributed by atoms with van der Waals surface area (Å²) >= 11 is 3.34. The van der Waals surface area contributed by atoms with Crippen LogP contribution < -0.4 is 15.6 Å². The smallest absolute Gasteiger partial charge is 0.279 e. The van der Waals surface area contributed by atoms with E-state index >= 15 is 0 Å². The SMILES string of the molecule is Cc1ccccc1CC(=O)NNC(=O)[C@H](C)Oc1cccc(Br)c1. The molecule has 0 spiro atoms. The minimum atomic E-state index is -0.738. The number of hydrazine groups is 1. The fourth-order valence-electron chi connectivity index (χ4n) is 2.06. The largest absolute Gasteiger partial charge is 0.481 e. The summed E-state index contributed by atoms with van der Waals surface area (Å²) in [7, 11) is 0. The molecule has 2 aromatic carbocycles. The molecular weight excluding hydrogens is 372 g/mol. The number of aryl methyl sites for hydroxylation is 1. The maximum atomic E-state index is 12.0. The van der Waals surface area contributed by atoms with Crippen molar-refractivity contribution in [2.24, 2.45) is 0 Å². The van der Waals surface area contributed by atoms with Crippen LogP contribution in [0.1, 0.15) is 18.1 Å². The zero-order valence-corrected chi connectivity index (χ0v) is 15.1. The van der Waals surface area contributed by atoms with Gasteiger partial charge in [0.15, 0.2) is 6.10 Å². The minimum Gasteiger partial charge on any atom is -0.481 e. The van der Waals surface area contributed by atoms with Crippen LogP contribution in [0, 0.1) is 6.92 Å². The zero-order chi connectivity index (χ0) is 17.5. The number of halogens is 1. The first-order valence-electron chi connectivity index (χ1n) is 7.51. The molecule has 0 aliphatic carbocycles. The maximum Gasteiger partial charge on any atom is 0.279 e. The van der Waals surface area contributed by atoms with Gasteiger partial charge in [0.2, 0.25) is 5.91 Å². The van der Waals surface area contributed by atoms with Crippen molar-refractivity contribution in [3.63, 3.8) is 0 Å². The monoisotopic (exact) mass is 390 g/mol. The maximum absolute atomic E-state index is 12.0. The molecule has 0 bridgehead atoms. The van der Waals surface area contributed by atoms with E-state index in [2.05, 4.69) is 26.8 Å². The number of rotatable bonds is 5. The molecule has 0 unspecified atom stereocenters. The van der Waals surface area contributed by atoms with Crippen molar-refractivity contribution in [2.75, 3.05) is 0 Å². The molecule has 1 atom stereocenters. The average molecular weight is 391 g/mol. The van der Waals surface area contributed by atoms with Gasteiger partial charge in [-0.3, -0.25) is 20.4 Å². The lowest BCUT2D eigenvalue weighted by atomic mass is 10.1. The van der Waals surface area contributed by atoms with Gasteiger partial charge in [-0.05, 0) is 43.2 Å². The standard InChI is InChI=1S/C18H19BrN2O3/c1-12-6-3-4-7-14(12)10-17(22)20-21-18(23)13(2)24-16-9-5-8-15(19)11-16/h3-9,11,13H,10H2,1-2H3,(H,20,22)(H,21,23)/t13-/m0/s1. The van der Waals surface area contributed by atoms with Crippen LogP contribution in [0.15, 0.2) is 53.0 Å². The molecule has 0 fully saturated rings. The summed E-state index contributed by atoms with van der Waals surface area (Å²) in [5, 5.41) is 0. The van der Waals surface area contributed by atoms with Crippen LogP contribution in [0.3, 0.4) is 0 Å². The Morgan fingerprint density at radius 1 is 1.12 bits per heavy atom. The third-order valence-corrected chi connectivity index (χ3v) is 3.91. The lowest BCUT2D eigenvalue weighted by molar-refractivity contribution is -0.132. The molecule has 0 saturated carbocycles. The first-order chi connectivity index (χ1) is 11.5. The molecular formula is C18H19BrN2O3. The molecule has 2 rings (SSSR count). The number of hydrogen-bond acceptors (Lipinski definition) is 3. The second kappa shape index (κ2) is 8.49. The predicted molar refractivity (Wildman–Crippen MR) is 95.4 cm³/mol. The van der Waals surface area contributed by atoms with E-state index < -0.39 is 12.0 Å². The Morgan fingerprint density at radius 2 is 1.88 bits per heavy atom. The Morgan fingerprint density at radius 3 is 2.58 bits per heavy atom. The molecule has 0 radical (unpaired) electrons. The molecule has 0 aromatic heterocycles. The van der Waals surface area contributed by atoms with Gasteiger partial charge in [-0.15, -0.1) is 0 Å². The van der Waals surface area contributed by atoms with Crippen molar-refractivity contribution >= 4 is 27.7 Å². The number of carbonyl (C=O) groups excluding carboxylic acids is 2. The number of nitrogens with one attached hydrogen (secondary N) is 2. The molecule has 0 aliphatic rings. The summed E-state index contributed by atoms with van der Waals surface area (Å²) in [6.45, 7) is 3.55. The van der Waals surface area contributed by atoms with Gasteiger partial charge in [0.25, 0.3) is 5.91 Å². The van der Waals surface area contributed by atoms with Gasteiger partial charge < -0.3 is 4.74 Å². The van der Waals surface area contributed by atoms with E-state index in [0.717, 1.165) is 15.6 Å². The number of carbonyl (C=O) groups is 2. The summed E-state index contributed by atoms with van der Waals surface area (Å²) in [5.74, 6) is -0.140. The second-order valence-corrected chi connectivity index (χ2v) is 6.27. The van der Waals surface area contributed by atoms with Gasteiger partial charge in [-0.2, -0.15) is 0 Å². The molecule has 6 heteroatoms. The molecule has 2 aromatic rings. The molecule has 5 nitrogen and oxygen atoms in total. The number of hydrogen-bond donors (Lipinski definition) is 2. The summed E-state index contributed by atoms with van der Waals surface area (Å²) < 4.78 is 6.39. The lowest BCUT2D eigenvalue weighted by Crippen LogP contribution is -2.47. The summed E-state index contributed by atoms with van der Waals surface area (Å²) in [6.07, 6.45) is -0.536. The Hall–Kier alpha value is -2.34. The molecule has 0 aliphatic heterocycles. The highest BCUT2D eigenvalue weighted by atomic mass is 79.9. The summed E-state index contributed by atoms with van der Waals surface area (Å²) in [5.41, 5.74) is 6.74. The number of benzene rings is 2. The third kappa shape index (κ3) is 5.38. The Balaban J connectivity index is 1.81. The van der Waals surface area contributed by atoms with Crippen molar-refractivity contribution in [1.82, 2.24) is 10.9 Å². The predicted octanol–water partition coefficient (Wildman–Crippen LogP) is 2.91. The quantitative estimate of drug-likeness (QED) is 0.771. The van der Waals surface area contributed by atoms with E-state index in [1.807, 2.05) is 43.3 Å². The fraction of sp³-hybridized carbons (Fsp3) is 0.222. The van der Waals surface area contributed by atoms with E-state index in [1.165, 1.54) is 0 Å². The average Bonchev–Trinajstić information content (AvgIpc) is 2.54. The normalized spacial score (nSPS) is 11.5. The van der Waals surface area contributed by atoms with Crippen molar-refractivity contribution in [3.05, 3.63) is 64.1 Å². The highest BCUT2D eigenvalue weighted by molar-refractivity contribution is 9.10. The molecule has 2 N–H and O–H groups in total. The van der Waals surface area contributed by atoms with E-state index in [9.17, 15) is 9.59 Å². The van der Waals surface area contributed by atoms with Crippen molar-refractivity contribution in [1.29, 1.82) is 0 Å². The number of amides is 2. The summed E-state index contributed by atoms with van der Waals surface area (Å²) in [6, 6.07) is 14.8. The lowest BCUT2D eigenvalue weighted by Gasteiger charge is -2.15. The molecule has 126 valence electrons. The van der Waals surface area contributed by atoms with Gasteiger partial charge in [0.05, 0.1) is 6.42 Å². The van der Waals surface area contributed by atoms with Crippen molar-refractivity contribution < 1.29 is 14.3 Å². The molecule has 24 heavy (non-hydrogen) atoms. The highest BCUT2D eigenvalue weighted by Crippen LogP contribution is 2.18. The van der Waals surface area contributed by atoms with Gasteiger partial charge in [-0.1, -0.05) is 46.3 Å². The molecule has 0 heterocycles. The van der Waals surface area contributed by atoms with E-state index in [0.29, 0.717) is 5.75 Å². The topological polar surface area (TPSA) is 67.4 Å². The Kier molecular flexibility index (Phi) is 6.37. The molecule has 0 saturated heterocycles. The summed E-state index contributed by atoms with van der Waals surface area (Å²) in [4.78, 5) is 23.9. The van der Waals surface area contributed by atoms with Crippen LogP contribution in [-0.4, -0.2) is 17.9 Å². The Labute approximate surface area is 149 Å². The van der Waals surface area contributed by atoms with Gasteiger partial charge in [-0.25, -0.2) is 0 Å². The highest BCUT2D eigenvalue weighted by Gasteiger charge is 2.15. The van der Waals surface area contributed by atoms with E-state index in [1.54, 1.807) is 19.1 Å². The van der Waals surface area contributed by atoms with Crippen LogP contribution in [0.5, 0.6) is 5.75 Å². The van der Waals surface area contributed by atoms with Crippen LogP contribution in [0.25, 0.3) is 0 Å². The van der Waals surface area contributed by atoms with Crippen LogP contribution in [0.2, 0.25) is 0 Å². The van der Waals surface area contributed by atoms with E-state index in [-0.39, 0.29) is 12.3 Å². The zero-order valence-electron chi connectivity index (χ0n) is 13.5. The first-order valence-corrected chi connectivity index (χ1v) is 8.30.